The van der Waals surface area contributed by atoms with Gasteiger partial charge in [0.15, 0.2) is 0 Å². The van der Waals surface area contributed by atoms with E-state index in [9.17, 15) is 13.2 Å². The van der Waals surface area contributed by atoms with Gasteiger partial charge in [-0.3, -0.25) is 4.79 Å². The smallest absolute Gasteiger partial charge is 0.243 e. The Bertz CT molecular complexity index is 1250. The van der Waals surface area contributed by atoms with Crippen molar-refractivity contribution < 1.29 is 17.9 Å². The van der Waals surface area contributed by atoms with Gasteiger partial charge >= 0.3 is 0 Å². The number of aromatic nitrogens is 1. The second-order valence-electron chi connectivity index (χ2n) is 7.87. The van der Waals surface area contributed by atoms with Crippen LogP contribution in [0.1, 0.15) is 18.1 Å². The number of thioether (sulfide) groups is 1. The molecule has 4 rings (SSSR count). The third-order valence-electron chi connectivity index (χ3n) is 5.52. The number of nitrogens with zero attached hydrogens (tertiary/aromatic N) is 2. The maximum absolute atomic E-state index is 12.7. The summed E-state index contributed by atoms with van der Waals surface area (Å²) < 4.78 is 32.1. The Morgan fingerprint density at radius 2 is 1.85 bits per heavy atom. The maximum atomic E-state index is 12.7. The van der Waals surface area contributed by atoms with Gasteiger partial charge in [0.05, 0.1) is 29.4 Å². The van der Waals surface area contributed by atoms with Gasteiger partial charge in [-0.2, -0.15) is 4.31 Å². The molecule has 1 aliphatic heterocycles. The van der Waals surface area contributed by atoms with Crippen LogP contribution in [0.3, 0.4) is 0 Å². The van der Waals surface area contributed by atoms with E-state index in [4.69, 9.17) is 9.72 Å². The van der Waals surface area contributed by atoms with Gasteiger partial charge in [0, 0.05) is 24.2 Å². The number of morpholine rings is 1. The first-order valence-corrected chi connectivity index (χ1v) is 13.3. The van der Waals surface area contributed by atoms with Crippen LogP contribution < -0.4 is 5.32 Å². The van der Waals surface area contributed by atoms with Gasteiger partial charge in [0.25, 0.3) is 0 Å². The molecule has 0 saturated carbocycles. The summed E-state index contributed by atoms with van der Waals surface area (Å²) in [6, 6.07) is 14.6. The Morgan fingerprint density at radius 1 is 1.12 bits per heavy atom. The summed E-state index contributed by atoms with van der Waals surface area (Å²) in [6.45, 7) is 5.62. The Morgan fingerprint density at radius 3 is 2.55 bits per heavy atom. The fourth-order valence-corrected chi connectivity index (χ4v) is 5.85. The van der Waals surface area contributed by atoms with Crippen molar-refractivity contribution >= 4 is 44.3 Å². The number of carbonyl (C=O) groups excluding carboxylic acids is 1. The zero-order valence-corrected chi connectivity index (χ0v) is 20.3. The van der Waals surface area contributed by atoms with Crippen LogP contribution in [-0.2, 0) is 26.0 Å². The molecule has 174 valence electrons. The fraction of sp³-hybridized carbons (Fsp3) is 0.333. The second kappa shape index (κ2) is 10.2. The zero-order valence-electron chi connectivity index (χ0n) is 18.7. The number of aryl methyl sites for hydroxylation is 2. The number of pyridine rings is 1. The molecule has 2 aromatic carbocycles. The van der Waals surface area contributed by atoms with Crippen molar-refractivity contribution in [3.8, 4) is 0 Å². The molecule has 1 N–H and O–H groups in total. The molecule has 33 heavy (non-hydrogen) atoms. The first-order chi connectivity index (χ1) is 15.9. The summed E-state index contributed by atoms with van der Waals surface area (Å²) in [5, 5.41) is 4.76. The van der Waals surface area contributed by atoms with Crippen molar-refractivity contribution in [2.24, 2.45) is 0 Å². The Balaban J connectivity index is 1.37. The normalized spacial score (nSPS) is 15.0. The quantitative estimate of drug-likeness (QED) is 0.512. The number of fused-ring (bicyclic) bond motifs is 1. The first-order valence-electron chi connectivity index (χ1n) is 10.9. The molecular formula is C24H27N3O4S2. The van der Waals surface area contributed by atoms with Gasteiger partial charge in [0.2, 0.25) is 15.9 Å². The van der Waals surface area contributed by atoms with Gasteiger partial charge in [-0.1, -0.05) is 24.8 Å². The number of benzene rings is 2. The molecule has 1 fully saturated rings. The lowest BCUT2D eigenvalue weighted by Crippen LogP contribution is -2.40. The van der Waals surface area contributed by atoms with Crippen molar-refractivity contribution in [2.75, 3.05) is 37.4 Å². The molecule has 1 aliphatic rings. The lowest BCUT2D eigenvalue weighted by molar-refractivity contribution is -0.113. The number of nitrogens with one attached hydrogen (secondary N) is 1. The minimum atomic E-state index is -3.55. The highest BCUT2D eigenvalue weighted by Crippen LogP contribution is 2.26. The van der Waals surface area contributed by atoms with E-state index in [1.54, 1.807) is 12.1 Å². The lowest BCUT2D eigenvalue weighted by Gasteiger charge is -2.26. The predicted molar refractivity (Wildman–Crippen MR) is 131 cm³/mol. The average Bonchev–Trinajstić information content (AvgIpc) is 2.83. The number of hydrogen-bond acceptors (Lipinski definition) is 6. The zero-order chi connectivity index (χ0) is 23.4. The van der Waals surface area contributed by atoms with Crippen molar-refractivity contribution in [1.82, 2.24) is 9.29 Å². The van der Waals surface area contributed by atoms with E-state index in [1.165, 1.54) is 33.8 Å². The monoisotopic (exact) mass is 485 g/mol. The van der Waals surface area contributed by atoms with E-state index in [-0.39, 0.29) is 16.6 Å². The van der Waals surface area contributed by atoms with Crippen LogP contribution >= 0.6 is 11.8 Å². The largest absolute Gasteiger partial charge is 0.379 e. The summed E-state index contributed by atoms with van der Waals surface area (Å²) in [7, 11) is -3.55. The summed E-state index contributed by atoms with van der Waals surface area (Å²) in [5.41, 5.74) is 3.77. The fourth-order valence-electron chi connectivity index (χ4n) is 3.66. The van der Waals surface area contributed by atoms with Crippen LogP contribution in [0.2, 0.25) is 0 Å². The van der Waals surface area contributed by atoms with Crippen molar-refractivity contribution in [1.29, 1.82) is 0 Å². The number of hydrogen-bond donors (Lipinski definition) is 1. The molecule has 9 heteroatoms. The van der Waals surface area contributed by atoms with Crippen molar-refractivity contribution in [2.45, 2.75) is 30.2 Å². The summed E-state index contributed by atoms with van der Waals surface area (Å²) in [4.78, 5) is 17.4. The van der Waals surface area contributed by atoms with Crippen LogP contribution in [0.5, 0.6) is 0 Å². The van der Waals surface area contributed by atoms with Crippen LogP contribution in [0.15, 0.2) is 58.5 Å². The minimum Gasteiger partial charge on any atom is -0.379 e. The van der Waals surface area contributed by atoms with Gasteiger partial charge < -0.3 is 10.1 Å². The first kappa shape index (κ1) is 23.7. The molecule has 0 radical (unpaired) electrons. The molecule has 0 bridgehead atoms. The molecule has 0 unspecified atom stereocenters. The average molecular weight is 486 g/mol. The highest BCUT2D eigenvalue weighted by atomic mass is 32.2. The Hall–Kier alpha value is -2.46. The summed E-state index contributed by atoms with van der Waals surface area (Å²) >= 11 is 1.39. The second-order valence-corrected chi connectivity index (χ2v) is 10.8. The molecular weight excluding hydrogens is 458 g/mol. The van der Waals surface area contributed by atoms with Crippen LogP contribution in [0.25, 0.3) is 10.9 Å². The molecule has 2 heterocycles. The molecule has 7 nitrogen and oxygen atoms in total. The molecule has 1 amide bonds. The molecule has 0 aliphatic carbocycles. The molecule has 1 aromatic heterocycles. The van der Waals surface area contributed by atoms with Gasteiger partial charge in [-0.15, -0.1) is 0 Å². The highest BCUT2D eigenvalue weighted by molar-refractivity contribution is 8.00. The third-order valence-corrected chi connectivity index (χ3v) is 8.52. The maximum Gasteiger partial charge on any atom is 0.243 e. The third kappa shape index (κ3) is 5.55. The van der Waals surface area contributed by atoms with Gasteiger partial charge in [-0.05, 0) is 66.9 Å². The van der Waals surface area contributed by atoms with Gasteiger partial charge in [0.1, 0.15) is 5.03 Å². The van der Waals surface area contributed by atoms with Gasteiger partial charge in [-0.25, -0.2) is 13.4 Å². The number of sulfonamides is 1. The Labute approximate surface area is 198 Å². The molecule has 1 saturated heterocycles. The number of amides is 1. The van der Waals surface area contributed by atoms with E-state index in [2.05, 4.69) is 30.4 Å². The van der Waals surface area contributed by atoms with E-state index >= 15 is 0 Å². The number of anilines is 1. The Kier molecular flexibility index (Phi) is 7.33. The van der Waals surface area contributed by atoms with E-state index in [1.807, 2.05) is 13.0 Å². The SMILES string of the molecule is CCc1ccc2nc(SCC(=O)Nc3ccc(S(=O)(=O)N4CCOCC4)cc3)c(C)cc2c1. The van der Waals surface area contributed by atoms with E-state index in [0.717, 1.165) is 27.9 Å². The minimum absolute atomic E-state index is 0.175. The predicted octanol–water partition coefficient (Wildman–Crippen LogP) is 3.86. The van der Waals surface area contributed by atoms with Crippen LogP contribution in [-0.4, -0.2) is 55.7 Å². The number of ether oxygens (including phenoxy) is 1. The highest BCUT2D eigenvalue weighted by Gasteiger charge is 2.26. The lowest BCUT2D eigenvalue weighted by atomic mass is 10.1. The van der Waals surface area contributed by atoms with E-state index < -0.39 is 10.0 Å². The molecule has 0 atom stereocenters. The number of rotatable bonds is 7. The van der Waals surface area contributed by atoms with Crippen molar-refractivity contribution in [3.63, 3.8) is 0 Å². The summed E-state index contributed by atoms with van der Waals surface area (Å²) in [6.07, 6.45) is 0.978. The number of carbonyl (C=O) groups is 1. The summed E-state index contributed by atoms with van der Waals surface area (Å²) in [5.74, 6) is 0.0339. The topological polar surface area (TPSA) is 88.6 Å². The van der Waals surface area contributed by atoms with Crippen molar-refractivity contribution in [3.05, 3.63) is 59.7 Å². The van der Waals surface area contributed by atoms with Crippen LogP contribution in [0, 0.1) is 6.92 Å². The molecule has 3 aromatic rings. The van der Waals surface area contributed by atoms with E-state index in [0.29, 0.717) is 32.0 Å². The molecule has 0 spiro atoms. The van der Waals surface area contributed by atoms with Crippen LogP contribution in [0.4, 0.5) is 5.69 Å². The standard InChI is InChI=1S/C24H27N3O4S2/c1-3-18-4-9-22-19(15-18)14-17(2)24(26-22)32-16-23(28)25-20-5-7-21(8-6-20)33(29,30)27-10-12-31-13-11-27/h4-9,14-15H,3,10-13,16H2,1-2H3,(H,25,28).